The predicted octanol–water partition coefficient (Wildman–Crippen LogP) is 0.603. The van der Waals surface area contributed by atoms with Gasteiger partial charge in [-0.25, -0.2) is 4.39 Å². The van der Waals surface area contributed by atoms with Crippen LogP contribution in [0.15, 0.2) is 0 Å². The highest BCUT2D eigenvalue weighted by atomic mass is 19.1. The van der Waals surface area contributed by atoms with Crippen LogP contribution in [-0.4, -0.2) is 80.4 Å². The summed E-state index contributed by atoms with van der Waals surface area (Å²) in [6.07, 6.45) is 2.05. The minimum Gasteiger partial charge on any atom is -0.382 e. The van der Waals surface area contributed by atoms with Gasteiger partial charge < -0.3 is 19.3 Å². The molecule has 2 aliphatic heterocycles. The molecular weight excluding hydrogens is 291 g/mol. The number of likely N-dealkylation sites (tertiary alicyclic amines) is 2. The lowest BCUT2D eigenvalue weighted by molar-refractivity contribution is -0.150. The van der Waals surface area contributed by atoms with Crippen LogP contribution in [0.4, 0.5) is 4.39 Å². The molecule has 0 N–H and O–H groups in total. The van der Waals surface area contributed by atoms with Gasteiger partial charge in [0.25, 0.3) is 5.91 Å². The Morgan fingerprint density at radius 1 is 1.05 bits per heavy atom. The molecule has 6 nitrogen and oxygen atoms in total. The Labute approximate surface area is 130 Å². The summed E-state index contributed by atoms with van der Waals surface area (Å²) in [5.41, 5.74) is -1.81. The number of hydrogen-bond donors (Lipinski definition) is 0. The topological polar surface area (TPSA) is 59.1 Å². The number of piperidine rings is 1. The molecule has 2 amide bonds. The third kappa shape index (κ3) is 4.16. The molecular formula is C15H25FN2O4. The van der Waals surface area contributed by atoms with Crippen molar-refractivity contribution in [2.45, 2.75) is 31.4 Å². The molecule has 2 fully saturated rings. The van der Waals surface area contributed by atoms with Crippen molar-refractivity contribution in [3.8, 4) is 0 Å². The molecule has 0 aromatic carbocycles. The molecule has 2 heterocycles. The molecule has 0 unspecified atom stereocenters. The number of carbonyl (C=O) groups excluding carboxylic acids is 2. The van der Waals surface area contributed by atoms with Crippen molar-refractivity contribution >= 4 is 11.8 Å². The summed E-state index contributed by atoms with van der Waals surface area (Å²) in [5, 5.41) is 0. The Bertz CT molecular complexity index is 391. The molecule has 0 aliphatic carbocycles. The van der Waals surface area contributed by atoms with E-state index in [2.05, 4.69) is 0 Å². The van der Waals surface area contributed by atoms with E-state index in [0.717, 1.165) is 12.8 Å². The monoisotopic (exact) mass is 316 g/mol. The highest BCUT2D eigenvalue weighted by Gasteiger charge is 2.45. The summed E-state index contributed by atoms with van der Waals surface area (Å²) >= 11 is 0. The standard InChI is InChI=1S/C15H25FN2O4/c1-21-10-11-22-12-13(19)17-8-4-15(16,5-9-17)14(20)18-6-2-3-7-18/h2-12H2,1H3. The van der Waals surface area contributed by atoms with Crippen molar-refractivity contribution in [3.63, 3.8) is 0 Å². The molecule has 7 heteroatoms. The quantitative estimate of drug-likeness (QED) is 0.674. The van der Waals surface area contributed by atoms with Crippen molar-refractivity contribution < 1.29 is 23.5 Å². The van der Waals surface area contributed by atoms with E-state index in [4.69, 9.17) is 9.47 Å². The Balaban J connectivity index is 1.76. The fourth-order valence-electron chi connectivity index (χ4n) is 2.92. The normalized spacial score (nSPS) is 21.2. The average Bonchev–Trinajstić information content (AvgIpc) is 3.05. The number of halogens is 1. The van der Waals surface area contributed by atoms with Gasteiger partial charge >= 0.3 is 0 Å². The Kier molecular flexibility index (Phi) is 6.14. The van der Waals surface area contributed by atoms with Gasteiger partial charge in [-0.05, 0) is 12.8 Å². The van der Waals surface area contributed by atoms with Gasteiger partial charge in [0.1, 0.15) is 6.61 Å². The lowest BCUT2D eigenvalue weighted by atomic mass is 9.91. The molecule has 0 radical (unpaired) electrons. The summed E-state index contributed by atoms with van der Waals surface area (Å²) in [6, 6.07) is 0. The fraction of sp³-hybridized carbons (Fsp3) is 0.867. The minimum atomic E-state index is -1.81. The number of alkyl halides is 1. The van der Waals surface area contributed by atoms with Gasteiger partial charge in [0.15, 0.2) is 5.67 Å². The summed E-state index contributed by atoms with van der Waals surface area (Å²) < 4.78 is 24.8. The van der Waals surface area contributed by atoms with Crippen LogP contribution in [0.25, 0.3) is 0 Å². The summed E-state index contributed by atoms with van der Waals surface area (Å²) in [7, 11) is 1.56. The summed E-state index contributed by atoms with van der Waals surface area (Å²) in [5.74, 6) is -0.555. The van der Waals surface area contributed by atoms with Crippen LogP contribution in [0.2, 0.25) is 0 Å². The molecule has 0 spiro atoms. The molecule has 2 rings (SSSR count). The van der Waals surface area contributed by atoms with E-state index in [1.807, 2.05) is 0 Å². The van der Waals surface area contributed by atoms with Gasteiger partial charge in [0, 0.05) is 46.1 Å². The molecule has 126 valence electrons. The minimum absolute atomic E-state index is 0.0251. The molecule has 0 aromatic rings. The van der Waals surface area contributed by atoms with E-state index in [1.54, 1.807) is 16.9 Å². The molecule has 0 aromatic heterocycles. The SMILES string of the molecule is COCCOCC(=O)N1CCC(F)(C(=O)N2CCCC2)CC1. The molecule has 22 heavy (non-hydrogen) atoms. The van der Waals surface area contributed by atoms with Gasteiger partial charge in [-0.1, -0.05) is 0 Å². The zero-order valence-corrected chi connectivity index (χ0v) is 13.2. The first-order valence-corrected chi connectivity index (χ1v) is 7.89. The van der Waals surface area contributed by atoms with E-state index in [1.165, 1.54) is 0 Å². The maximum Gasteiger partial charge on any atom is 0.260 e. The molecule has 0 atom stereocenters. The molecule has 0 saturated carbocycles. The maximum atomic E-state index is 14.8. The number of rotatable bonds is 6. The first-order chi connectivity index (χ1) is 10.6. The third-order valence-corrected chi connectivity index (χ3v) is 4.34. The predicted molar refractivity (Wildman–Crippen MR) is 78.2 cm³/mol. The van der Waals surface area contributed by atoms with Crippen LogP contribution < -0.4 is 0 Å². The zero-order chi connectivity index (χ0) is 16.0. The summed E-state index contributed by atoms with van der Waals surface area (Å²) in [6.45, 7) is 2.61. The second-order valence-electron chi connectivity index (χ2n) is 5.89. The third-order valence-electron chi connectivity index (χ3n) is 4.34. The van der Waals surface area contributed by atoms with E-state index in [9.17, 15) is 14.0 Å². The van der Waals surface area contributed by atoms with Crippen LogP contribution in [0.1, 0.15) is 25.7 Å². The van der Waals surface area contributed by atoms with Gasteiger partial charge in [0.05, 0.1) is 13.2 Å². The largest absolute Gasteiger partial charge is 0.382 e. The van der Waals surface area contributed by atoms with E-state index >= 15 is 0 Å². The van der Waals surface area contributed by atoms with Gasteiger partial charge in [0.2, 0.25) is 5.91 Å². The second kappa shape index (κ2) is 7.87. The van der Waals surface area contributed by atoms with Crippen LogP contribution >= 0.6 is 0 Å². The van der Waals surface area contributed by atoms with E-state index in [0.29, 0.717) is 26.3 Å². The van der Waals surface area contributed by atoms with Crippen LogP contribution in [-0.2, 0) is 19.1 Å². The van der Waals surface area contributed by atoms with Crippen molar-refractivity contribution in [2.75, 3.05) is 53.1 Å². The number of carbonyl (C=O) groups is 2. The van der Waals surface area contributed by atoms with Crippen molar-refractivity contribution in [1.29, 1.82) is 0 Å². The zero-order valence-electron chi connectivity index (χ0n) is 13.2. The number of methoxy groups -OCH3 is 1. The first kappa shape index (κ1) is 17.1. The average molecular weight is 316 g/mol. The van der Waals surface area contributed by atoms with E-state index in [-0.39, 0.29) is 38.4 Å². The smallest absolute Gasteiger partial charge is 0.260 e. The van der Waals surface area contributed by atoms with Gasteiger partial charge in [-0.15, -0.1) is 0 Å². The summed E-state index contributed by atoms with van der Waals surface area (Å²) in [4.78, 5) is 27.4. The van der Waals surface area contributed by atoms with Crippen LogP contribution in [0.5, 0.6) is 0 Å². The van der Waals surface area contributed by atoms with Crippen LogP contribution in [0.3, 0.4) is 0 Å². The lowest BCUT2D eigenvalue weighted by Gasteiger charge is -2.37. The lowest BCUT2D eigenvalue weighted by Crippen LogP contribution is -2.53. The second-order valence-corrected chi connectivity index (χ2v) is 5.89. The van der Waals surface area contributed by atoms with Crippen molar-refractivity contribution in [2.24, 2.45) is 0 Å². The molecule has 0 bridgehead atoms. The number of amides is 2. The fourth-order valence-corrected chi connectivity index (χ4v) is 2.92. The van der Waals surface area contributed by atoms with Crippen LogP contribution in [0, 0.1) is 0 Å². The van der Waals surface area contributed by atoms with Crippen molar-refractivity contribution in [1.82, 2.24) is 9.80 Å². The molecule has 2 aliphatic rings. The number of ether oxygens (including phenoxy) is 2. The van der Waals surface area contributed by atoms with E-state index < -0.39 is 11.6 Å². The molecule has 2 saturated heterocycles. The Morgan fingerprint density at radius 3 is 2.27 bits per heavy atom. The van der Waals surface area contributed by atoms with Gasteiger partial charge in [-0.3, -0.25) is 9.59 Å². The number of nitrogens with zero attached hydrogens (tertiary/aromatic N) is 2. The highest BCUT2D eigenvalue weighted by Crippen LogP contribution is 2.30. The van der Waals surface area contributed by atoms with Gasteiger partial charge in [-0.2, -0.15) is 0 Å². The Hall–Kier alpha value is -1.21. The Morgan fingerprint density at radius 2 is 1.68 bits per heavy atom. The highest BCUT2D eigenvalue weighted by molar-refractivity contribution is 5.86. The first-order valence-electron chi connectivity index (χ1n) is 7.89. The van der Waals surface area contributed by atoms with Crippen molar-refractivity contribution in [3.05, 3.63) is 0 Å². The maximum absolute atomic E-state index is 14.8. The number of hydrogen-bond acceptors (Lipinski definition) is 4.